The summed E-state index contributed by atoms with van der Waals surface area (Å²) in [6.45, 7) is 1.40. The fourth-order valence-corrected chi connectivity index (χ4v) is 1.57. The Bertz CT molecular complexity index is 403. The van der Waals surface area contributed by atoms with Crippen molar-refractivity contribution in [1.29, 1.82) is 0 Å². The number of hydrogen-bond acceptors (Lipinski definition) is 3. The van der Waals surface area contributed by atoms with Crippen LogP contribution < -0.4 is 5.32 Å². The molecular weight excluding hydrogens is 242 g/mol. The summed E-state index contributed by atoms with van der Waals surface area (Å²) >= 11 is 5.78. The van der Waals surface area contributed by atoms with Gasteiger partial charge in [0, 0.05) is 11.9 Å². The lowest BCUT2D eigenvalue weighted by Gasteiger charge is -2.17. The lowest BCUT2D eigenvalue weighted by molar-refractivity contribution is -0.141. The molecule has 0 aliphatic heterocycles. The van der Waals surface area contributed by atoms with Crippen molar-refractivity contribution >= 4 is 23.5 Å². The van der Waals surface area contributed by atoms with E-state index in [0.717, 1.165) is 5.56 Å². The van der Waals surface area contributed by atoms with E-state index in [1.54, 1.807) is 24.3 Å². The Labute approximate surface area is 105 Å². The average molecular weight is 256 g/mol. The van der Waals surface area contributed by atoms with Gasteiger partial charge < -0.3 is 10.1 Å². The fraction of sp³-hybridized carbons (Fsp3) is 0.333. The minimum atomic E-state index is -0.391. The molecule has 1 aromatic rings. The Morgan fingerprint density at radius 3 is 2.41 bits per heavy atom. The first-order chi connectivity index (χ1) is 8.02. The predicted octanol–water partition coefficient (Wildman–Crippen LogP) is 2.08. The molecular formula is C12H14ClNO3. The zero-order chi connectivity index (χ0) is 12.8. The predicted molar refractivity (Wildman–Crippen MR) is 64.6 cm³/mol. The van der Waals surface area contributed by atoms with Gasteiger partial charge >= 0.3 is 5.97 Å². The van der Waals surface area contributed by atoms with E-state index in [0.29, 0.717) is 5.02 Å². The first-order valence-corrected chi connectivity index (χ1v) is 5.50. The number of esters is 1. The van der Waals surface area contributed by atoms with Crippen LogP contribution in [0.25, 0.3) is 0 Å². The number of carbonyl (C=O) groups excluding carboxylic acids is 2. The maximum atomic E-state index is 11.2. The van der Waals surface area contributed by atoms with Crippen LogP contribution >= 0.6 is 11.6 Å². The van der Waals surface area contributed by atoms with Gasteiger partial charge in [-0.15, -0.1) is 0 Å². The van der Waals surface area contributed by atoms with Gasteiger partial charge in [-0.05, 0) is 17.7 Å². The van der Waals surface area contributed by atoms with Crippen LogP contribution in [0, 0.1) is 0 Å². The number of benzene rings is 1. The molecule has 1 atom stereocenters. The number of methoxy groups -OCH3 is 1. The molecule has 0 saturated carbocycles. The Morgan fingerprint density at radius 1 is 1.35 bits per heavy atom. The molecule has 92 valence electrons. The largest absolute Gasteiger partial charge is 0.469 e. The maximum absolute atomic E-state index is 11.2. The van der Waals surface area contributed by atoms with Crippen molar-refractivity contribution in [3.8, 4) is 0 Å². The van der Waals surface area contributed by atoms with Gasteiger partial charge in [-0.3, -0.25) is 9.59 Å². The van der Waals surface area contributed by atoms with E-state index in [1.807, 2.05) is 0 Å². The standard InChI is InChI=1S/C12H14ClNO3/c1-8(15)14-11(7-12(16)17-2)9-3-5-10(13)6-4-9/h3-6,11H,7H2,1-2H3,(H,14,15). The summed E-state index contributed by atoms with van der Waals surface area (Å²) in [7, 11) is 1.31. The summed E-state index contributed by atoms with van der Waals surface area (Å²) in [6.07, 6.45) is 0.0950. The second-order valence-corrected chi connectivity index (χ2v) is 4.02. The molecule has 0 bridgehead atoms. The monoisotopic (exact) mass is 255 g/mol. The van der Waals surface area contributed by atoms with Gasteiger partial charge in [0.15, 0.2) is 0 Å². The fourth-order valence-electron chi connectivity index (χ4n) is 1.44. The molecule has 0 heterocycles. The minimum Gasteiger partial charge on any atom is -0.469 e. The number of hydrogen-bond donors (Lipinski definition) is 1. The third-order valence-corrected chi connectivity index (χ3v) is 2.50. The highest BCUT2D eigenvalue weighted by atomic mass is 35.5. The van der Waals surface area contributed by atoms with Crippen LogP contribution in [0.1, 0.15) is 24.9 Å². The lowest BCUT2D eigenvalue weighted by atomic mass is 10.0. The van der Waals surface area contributed by atoms with Crippen LogP contribution in [0.3, 0.4) is 0 Å². The van der Waals surface area contributed by atoms with Crippen LogP contribution in [-0.4, -0.2) is 19.0 Å². The van der Waals surface area contributed by atoms with Crippen LogP contribution in [0.15, 0.2) is 24.3 Å². The van der Waals surface area contributed by atoms with Gasteiger partial charge in [0.2, 0.25) is 5.91 Å². The van der Waals surface area contributed by atoms with Crippen LogP contribution in [0.5, 0.6) is 0 Å². The molecule has 1 unspecified atom stereocenters. The Morgan fingerprint density at radius 2 is 1.94 bits per heavy atom. The highest BCUT2D eigenvalue weighted by Gasteiger charge is 2.17. The van der Waals surface area contributed by atoms with Gasteiger partial charge in [0.05, 0.1) is 19.6 Å². The van der Waals surface area contributed by atoms with Crippen molar-refractivity contribution in [2.45, 2.75) is 19.4 Å². The molecule has 1 N–H and O–H groups in total. The summed E-state index contributed by atoms with van der Waals surface area (Å²) < 4.78 is 4.59. The zero-order valence-electron chi connectivity index (χ0n) is 9.70. The molecule has 1 amide bonds. The average Bonchev–Trinajstić information content (AvgIpc) is 2.28. The molecule has 4 nitrogen and oxygen atoms in total. The molecule has 0 spiro atoms. The maximum Gasteiger partial charge on any atom is 0.307 e. The van der Waals surface area contributed by atoms with Crippen LogP contribution in [-0.2, 0) is 14.3 Å². The van der Waals surface area contributed by atoms with E-state index >= 15 is 0 Å². The third kappa shape index (κ3) is 4.44. The van der Waals surface area contributed by atoms with Gasteiger partial charge in [-0.2, -0.15) is 0 Å². The van der Waals surface area contributed by atoms with Gasteiger partial charge in [0.25, 0.3) is 0 Å². The number of rotatable bonds is 4. The lowest BCUT2D eigenvalue weighted by Crippen LogP contribution is -2.28. The molecule has 0 saturated heterocycles. The summed E-state index contributed by atoms with van der Waals surface area (Å²) in [5.74, 6) is -0.576. The molecule has 0 aliphatic carbocycles. The van der Waals surface area contributed by atoms with Gasteiger partial charge in [0.1, 0.15) is 0 Å². The summed E-state index contributed by atoms with van der Waals surface area (Å²) in [6, 6.07) is 6.57. The second kappa shape index (κ2) is 6.25. The minimum absolute atomic E-state index is 0.0950. The first-order valence-electron chi connectivity index (χ1n) is 5.12. The molecule has 5 heteroatoms. The van der Waals surface area contributed by atoms with Crippen molar-refractivity contribution in [3.05, 3.63) is 34.9 Å². The van der Waals surface area contributed by atoms with Crippen LogP contribution in [0.4, 0.5) is 0 Å². The molecule has 0 aliphatic rings. The smallest absolute Gasteiger partial charge is 0.307 e. The number of carbonyl (C=O) groups is 2. The molecule has 1 aromatic carbocycles. The number of halogens is 1. The second-order valence-electron chi connectivity index (χ2n) is 3.58. The highest BCUT2D eigenvalue weighted by Crippen LogP contribution is 2.19. The van der Waals surface area contributed by atoms with Crippen molar-refractivity contribution < 1.29 is 14.3 Å². The highest BCUT2D eigenvalue weighted by molar-refractivity contribution is 6.30. The number of ether oxygens (including phenoxy) is 1. The SMILES string of the molecule is COC(=O)CC(NC(C)=O)c1ccc(Cl)cc1. The van der Waals surface area contributed by atoms with E-state index in [2.05, 4.69) is 10.1 Å². The van der Waals surface area contributed by atoms with Crippen molar-refractivity contribution in [3.63, 3.8) is 0 Å². The topological polar surface area (TPSA) is 55.4 Å². The summed E-state index contributed by atoms with van der Waals surface area (Å²) in [4.78, 5) is 22.3. The number of nitrogens with one attached hydrogen (secondary N) is 1. The van der Waals surface area contributed by atoms with E-state index < -0.39 is 6.04 Å². The molecule has 17 heavy (non-hydrogen) atoms. The third-order valence-electron chi connectivity index (χ3n) is 2.25. The van der Waals surface area contributed by atoms with Gasteiger partial charge in [-0.25, -0.2) is 0 Å². The summed E-state index contributed by atoms with van der Waals surface area (Å²) in [5.41, 5.74) is 0.815. The summed E-state index contributed by atoms with van der Waals surface area (Å²) in [5, 5.41) is 3.30. The van der Waals surface area contributed by atoms with E-state index in [1.165, 1.54) is 14.0 Å². The van der Waals surface area contributed by atoms with Gasteiger partial charge in [-0.1, -0.05) is 23.7 Å². The zero-order valence-corrected chi connectivity index (χ0v) is 10.5. The van der Waals surface area contributed by atoms with E-state index in [4.69, 9.17) is 11.6 Å². The Hall–Kier alpha value is -1.55. The van der Waals surface area contributed by atoms with Crippen molar-refractivity contribution in [2.24, 2.45) is 0 Å². The van der Waals surface area contributed by atoms with Crippen molar-refractivity contribution in [2.75, 3.05) is 7.11 Å². The van der Waals surface area contributed by atoms with Crippen LogP contribution in [0.2, 0.25) is 5.02 Å². The molecule has 1 rings (SSSR count). The molecule has 0 aromatic heterocycles. The Kier molecular flexibility index (Phi) is 4.97. The normalized spacial score (nSPS) is 11.7. The van der Waals surface area contributed by atoms with E-state index in [-0.39, 0.29) is 18.3 Å². The molecule has 0 fully saturated rings. The van der Waals surface area contributed by atoms with Crippen molar-refractivity contribution in [1.82, 2.24) is 5.32 Å². The quantitative estimate of drug-likeness (QED) is 0.838. The van der Waals surface area contributed by atoms with E-state index in [9.17, 15) is 9.59 Å². The number of amides is 1. The first kappa shape index (κ1) is 13.5. The molecule has 0 radical (unpaired) electrons. The Balaban J connectivity index is 2.85.